The van der Waals surface area contributed by atoms with Crippen LogP contribution in [0.25, 0.3) is 0 Å². The molecule has 0 spiro atoms. The zero-order chi connectivity index (χ0) is 20.0. The molecule has 0 heterocycles. The van der Waals surface area contributed by atoms with Gasteiger partial charge < -0.3 is 5.32 Å². The fourth-order valence-electron chi connectivity index (χ4n) is 3.23. The Bertz CT molecular complexity index is 765. The van der Waals surface area contributed by atoms with Gasteiger partial charge in [0.15, 0.2) is 5.11 Å². The fourth-order valence-corrected chi connectivity index (χ4v) is 4.48. The summed E-state index contributed by atoms with van der Waals surface area (Å²) in [6.07, 6.45) is 3.46. The van der Waals surface area contributed by atoms with Crippen molar-refractivity contribution in [3.8, 4) is 0 Å². The van der Waals surface area contributed by atoms with E-state index in [2.05, 4.69) is 34.7 Å². The highest BCUT2D eigenvalue weighted by molar-refractivity contribution is 7.89. The predicted octanol–water partition coefficient (Wildman–Crippen LogP) is 1.92. The molecule has 0 unspecified atom stereocenters. The number of carbonyl (C=O) groups excluding carboxylic acids is 1. The minimum Gasteiger partial charge on any atom is -0.358 e. The molecule has 0 saturated heterocycles. The number of hydrazine groups is 1. The third-order valence-electron chi connectivity index (χ3n) is 5.07. The Morgan fingerprint density at radius 3 is 2.44 bits per heavy atom. The molecular formula is C18H28N4O3S2. The van der Waals surface area contributed by atoms with Crippen LogP contribution < -0.4 is 20.9 Å². The van der Waals surface area contributed by atoms with Crippen molar-refractivity contribution in [2.24, 2.45) is 11.8 Å². The summed E-state index contributed by atoms with van der Waals surface area (Å²) in [5.74, 6) is 0.766. The quantitative estimate of drug-likeness (QED) is 0.436. The average molecular weight is 413 g/mol. The molecule has 1 amide bonds. The van der Waals surface area contributed by atoms with Gasteiger partial charge in [0.05, 0.1) is 4.90 Å². The van der Waals surface area contributed by atoms with Crippen molar-refractivity contribution < 1.29 is 13.2 Å². The molecule has 1 saturated carbocycles. The van der Waals surface area contributed by atoms with Gasteiger partial charge in [-0.25, -0.2) is 13.1 Å². The Labute approximate surface area is 166 Å². The van der Waals surface area contributed by atoms with Gasteiger partial charge in [0, 0.05) is 18.2 Å². The van der Waals surface area contributed by atoms with Crippen LogP contribution in [0.4, 0.5) is 0 Å². The molecule has 0 bridgehead atoms. The number of sulfonamides is 1. The maximum absolute atomic E-state index is 12.2. The van der Waals surface area contributed by atoms with Crippen LogP contribution in [0.15, 0.2) is 29.2 Å². The number of hydrogen-bond acceptors (Lipinski definition) is 4. The smallest absolute Gasteiger partial charge is 0.269 e. The molecule has 4 N–H and O–H groups in total. The second-order valence-electron chi connectivity index (χ2n) is 6.95. The van der Waals surface area contributed by atoms with Gasteiger partial charge in [-0.3, -0.25) is 15.6 Å². The summed E-state index contributed by atoms with van der Waals surface area (Å²) in [4.78, 5) is 12.3. The Morgan fingerprint density at radius 2 is 1.81 bits per heavy atom. The normalized spacial score (nSPS) is 22.7. The summed E-state index contributed by atoms with van der Waals surface area (Å²) in [5.41, 5.74) is 5.59. The monoisotopic (exact) mass is 412 g/mol. The van der Waals surface area contributed by atoms with E-state index in [4.69, 9.17) is 12.2 Å². The van der Waals surface area contributed by atoms with Gasteiger partial charge in [0.1, 0.15) is 0 Å². The first-order valence-corrected chi connectivity index (χ1v) is 11.1. The van der Waals surface area contributed by atoms with Crippen molar-refractivity contribution in [2.45, 2.75) is 51.0 Å². The van der Waals surface area contributed by atoms with Gasteiger partial charge in [-0.05, 0) is 54.7 Å². The lowest BCUT2D eigenvalue weighted by Gasteiger charge is -2.35. The Kier molecular flexibility index (Phi) is 7.58. The minimum absolute atomic E-state index is 0.117. The molecule has 3 atom stereocenters. The van der Waals surface area contributed by atoms with E-state index in [0.717, 1.165) is 6.42 Å². The number of rotatable bonds is 5. The second kappa shape index (κ2) is 9.48. The average Bonchev–Trinajstić information content (AvgIpc) is 2.63. The second-order valence-corrected chi connectivity index (χ2v) is 9.13. The zero-order valence-electron chi connectivity index (χ0n) is 15.9. The van der Waals surface area contributed by atoms with Crippen molar-refractivity contribution in [1.82, 2.24) is 20.9 Å². The van der Waals surface area contributed by atoms with Crippen LogP contribution in [0.2, 0.25) is 0 Å². The van der Waals surface area contributed by atoms with E-state index in [1.165, 1.54) is 37.1 Å². The van der Waals surface area contributed by atoms with E-state index in [1.54, 1.807) is 6.92 Å². The first-order valence-electron chi connectivity index (χ1n) is 9.21. The summed E-state index contributed by atoms with van der Waals surface area (Å²) in [6, 6.07) is 6.01. The summed E-state index contributed by atoms with van der Waals surface area (Å²) >= 11 is 5.27. The van der Waals surface area contributed by atoms with E-state index in [1.807, 2.05) is 0 Å². The third kappa shape index (κ3) is 5.88. The van der Waals surface area contributed by atoms with Crippen molar-refractivity contribution in [1.29, 1.82) is 0 Å². The number of benzene rings is 1. The maximum atomic E-state index is 12.2. The molecular weight excluding hydrogens is 384 g/mol. The molecule has 0 radical (unpaired) electrons. The molecule has 0 aliphatic heterocycles. The van der Waals surface area contributed by atoms with Crippen molar-refractivity contribution in [2.75, 3.05) is 6.54 Å². The van der Waals surface area contributed by atoms with Gasteiger partial charge in [0.2, 0.25) is 10.0 Å². The molecule has 1 aromatic carbocycles. The maximum Gasteiger partial charge on any atom is 0.269 e. The molecule has 9 heteroatoms. The SMILES string of the molecule is CCNS(=O)(=O)c1ccc(C(=O)NNC(=S)N[C@H]2CCC[C@@H](C)[C@@H]2C)cc1. The number of nitrogens with one attached hydrogen (secondary N) is 4. The Hall–Kier alpha value is -1.71. The Balaban J connectivity index is 1.87. The van der Waals surface area contributed by atoms with E-state index in [9.17, 15) is 13.2 Å². The van der Waals surface area contributed by atoms with Gasteiger partial charge in [-0.1, -0.05) is 33.6 Å². The van der Waals surface area contributed by atoms with Gasteiger partial charge in [0.25, 0.3) is 5.91 Å². The minimum atomic E-state index is -3.53. The van der Waals surface area contributed by atoms with Crippen LogP contribution in [-0.4, -0.2) is 32.0 Å². The van der Waals surface area contributed by atoms with Gasteiger partial charge in [-0.2, -0.15) is 0 Å². The highest BCUT2D eigenvalue weighted by Crippen LogP contribution is 2.29. The highest BCUT2D eigenvalue weighted by atomic mass is 32.2. The van der Waals surface area contributed by atoms with E-state index >= 15 is 0 Å². The van der Waals surface area contributed by atoms with Crippen molar-refractivity contribution in [3.05, 3.63) is 29.8 Å². The van der Waals surface area contributed by atoms with Crippen molar-refractivity contribution in [3.63, 3.8) is 0 Å². The van der Waals surface area contributed by atoms with Crippen LogP contribution in [0.1, 0.15) is 50.4 Å². The fraction of sp³-hybridized carbons (Fsp3) is 0.556. The molecule has 1 aliphatic carbocycles. The Morgan fingerprint density at radius 1 is 1.15 bits per heavy atom. The lowest BCUT2D eigenvalue weighted by molar-refractivity contribution is 0.0943. The van der Waals surface area contributed by atoms with E-state index < -0.39 is 15.9 Å². The summed E-state index contributed by atoms with van der Waals surface area (Å²) < 4.78 is 26.2. The summed E-state index contributed by atoms with van der Waals surface area (Å²) in [5, 5.41) is 3.64. The molecule has 0 aromatic heterocycles. The lowest BCUT2D eigenvalue weighted by atomic mass is 9.78. The number of amides is 1. The molecule has 150 valence electrons. The van der Waals surface area contributed by atoms with Crippen LogP contribution in [0.5, 0.6) is 0 Å². The lowest BCUT2D eigenvalue weighted by Crippen LogP contribution is -2.52. The third-order valence-corrected chi connectivity index (χ3v) is 6.86. The number of thiocarbonyl (C=S) groups is 1. The van der Waals surface area contributed by atoms with E-state index in [0.29, 0.717) is 35.1 Å². The highest BCUT2D eigenvalue weighted by Gasteiger charge is 2.27. The molecule has 1 aromatic rings. The number of carbonyl (C=O) groups is 1. The topological polar surface area (TPSA) is 99.3 Å². The number of hydrogen-bond donors (Lipinski definition) is 4. The summed E-state index contributed by atoms with van der Waals surface area (Å²) in [7, 11) is -3.53. The summed E-state index contributed by atoms with van der Waals surface area (Å²) in [6.45, 7) is 6.47. The molecule has 1 aliphatic rings. The molecule has 27 heavy (non-hydrogen) atoms. The first-order chi connectivity index (χ1) is 12.7. The molecule has 2 rings (SSSR count). The largest absolute Gasteiger partial charge is 0.358 e. The van der Waals surface area contributed by atoms with Crippen LogP contribution >= 0.6 is 12.2 Å². The first kappa shape index (κ1) is 21.6. The molecule has 1 fully saturated rings. The van der Waals surface area contributed by atoms with Crippen LogP contribution in [-0.2, 0) is 10.0 Å². The van der Waals surface area contributed by atoms with E-state index in [-0.39, 0.29) is 4.90 Å². The van der Waals surface area contributed by atoms with Crippen LogP contribution in [0, 0.1) is 11.8 Å². The standard InChI is InChI=1S/C18H28N4O3S2/c1-4-19-27(24,25)15-10-8-14(9-11-15)17(23)21-22-18(26)20-16-7-5-6-12(2)13(16)3/h8-13,16,19H,4-7H2,1-3H3,(H,21,23)(H2,20,22,26)/t12-,13+,16+/m1/s1. The van der Waals surface area contributed by atoms with Gasteiger partial charge >= 0.3 is 0 Å². The van der Waals surface area contributed by atoms with Crippen LogP contribution in [0.3, 0.4) is 0 Å². The zero-order valence-corrected chi connectivity index (χ0v) is 17.5. The van der Waals surface area contributed by atoms with Crippen molar-refractivity contribution >= 4 is 33.3 Å². The molecule has 7 nitrogen and oxygen atoms in total. The van der Waals surface area contributed by atoms with Gasteiger partial charge in [-0.15, -0.1) is 0 Å². The predicted molar refractivity (Wildman–Crippen MR) is 110 cm³/mol.